The Labute approximate surface area is 159 Å². The number of fused-ring (bicyclic) bond motifs is 1. The zero-order chi connectivity index (χ0) is 19.4. The van der Waals surface area contributed by atoms with Crippen LogP contribution in [0.4, 0.5) is 4.39 Å². The van der Waals surface area contributed by atoms with Gasteiger partial charge in [-0.1, -0.05) is 24.3 Å². The van der Waals surface area contributed by atoms with Crippen LogP contribution in [-0.2, 0) is 23.0 Å². The second-order valence-corrected chi connectivity index (χ2v) is 8.07. The van der Waals surface area contributed by atoms with Crippen LogP contribution < -0.4 is 14.2 Å². The molecule has 0 amide bonds. The lowest BCUT2D eigenvalue weighted by molar-refractivity contribution is 0.258. The molecule has 6 nitrogen and oxygen atoms in total. The minimum absolute atomic E-state index is 0.140. The largest absolute Gasteiger partial charge is 0.493 e. The van der Waals surface area contributed by atoms with Crippen LogP contribution >= 0.6 is 0 Å². The summed E-state index contributed by atoms with van der Waals surface area (Å²) < 4.78 is 51.7. The van der Waals surface area contributed by atoms with Crippen LogP contribution in [0.25, 0.3) is 0 Å². The molecule has 1 heterocycles. The second-order valence-electron chi connectivity index (χ2n) is 6.33. The molecular weight excluding hydrogens is 371 g/mol. The van der Waals surface area contributed by atoms with Crippen molar-refractivity contribution in [2.75, 3.05) is 33.9 Å². The topological polar surface area (TPSA) is 67.9 Å². The van der Waals surface area contributed by atoms with Gasteiger partial charge in [-0.3, -0.25) is 4.90 Å². The summed E-state index contributed by atoms with van der Waals surface area (Å²) in [4.78, 5) is 1.72. The molecule has 1 aliphatic rings. The van der Waals surface area contributed by atoms with Crippen molar-refractivity contribution in [1.82, 2.24) is 9.62 Å². The first-order valence-corrected chi connectivity index (χ1v) is 10.1. The predicted octanol–water partition coefficient (Wildman–Crippen LogP) is 2.18. The van der Waals surface area contributed by atoms with Crippen molar-refractivity contribution in [2.45, 2.75) is 17.9 Å². The van der Waals surface area contributed by atoms with E-state index in [1.807, 2.05) is 12.1 Å². The Morgan fingerprint density at radius 1 is 1.11 bits per heavy atom. The number of nitrogens with zero attached hydrogens (tertiary/aromatic N) is 1. The van der Waals surface area contributed by atoms with Gasteiger partial charge in [0.2, 0.25) is 10.0 Å². The molecule has 0 bridgehead atoms. The van der Waals surface area contributed by atoms with Crippen molar-refractivity contribution in [3.05, 3.63) is 53.3 Å². The maximum Gasteiger partial charge on any atom is 0.243 e. The number of nitrogens with one attached hydrogen (secondary N) is 1. The van der Waals surface area contributed by atoms with Crippen LogP contribution in [0.15, 0.2) is 41.3 Å². The molecule has 146 valence electrons. The van der Waals surface area contributed by atoms with Crippen molar-refractivity contribution >= 4 is 10.0 Å². The predicted molar refractivity (Wildman–Crippen MR) is 100 cm³/mol. The molecule has 3 rings (SSSR count). The normalized spacial score (nSPS) is 14.6. The van der Waals surface area contributed by atoms with E-state index in [2.05, 4.69) is 21.8 Å². The second kappa shape index (κ2) is 8.24. The van der Waals surface area contributed by atoms with E-state index in [1.54, 1.807) is 0 Å². The van der Waals surface area contributed by atoms with Gasteiger partial charge in [-0.05, 0) is 17.5 Å². The van der Waals surface area contributed by atoms with Crippen LogP contribution in [0.1, 0.15) is 11.1 Å². The number of hydrogen-bond acceptors (Lipinski definition) is 5. The SMILES string of the molecule is COc1cc(F)c(S(=O)(=O)NCCN2CCc3ccccc3C2)cc1OC. The van der Waals surface area contributed by atoms with Crippen LogP contribution in [0.3, 0.4) is 0 Å². The first-order valence-electron chi connectivity index (χ1n) is 8.65. The lowest BCUT2D eigenvalue weighted by Gasteiger charge is -2.28. The van der Waals surface area contributed by atoms with Gasteiger partial charge in [-0.2, -0.15) is 0 Å². The Balaban J connectivity index is 1.64. The summed E-state index contributed by atoms with van der Waals surface area (Å²) in [6.07, 6.45) is 0.938. The van der Waals surface area contributed by atoms with E-state index in [4.69, 9.17) is 9.47 Å². The lowest BCUT2D eigenvalue weighted by Crippen LogP contribution is -2.38. The highest BCUT2D eigenvalue weighted by molar-refractivity contribution is 7.89. The molecule has 27 heavy (non-hydrogen) atoms. The third kappa shape index (κ3) is 4.40. The highest BCUT2D eigenvalue weighted by Gasteiger charge is 2.23. The molecule has 0 spiro atoms. The molecule has 0 atom stereocenters. The summed E-state index contributed by atoms with van der Waals surface area (Å²) in [5.41, 5.74) is 2.60. The van der Waals surface area contributed by atoms with Crippen molar-refractivity contribution in [3.8, 4) is 11.5 Å². The summed E-state index contributed by atoms with van der Waals surface area (Å²) >= 11 is 0. The third-order valence-corrected chi connectivity index (χ3v) is 6.13. The van der Waals surface area contributed by atoms with Gasteiger partial charge in [-0.25, -0.2) is 17.5 Å². The molecule has 0 aliphatic carbocycles. The summed E-state index contributed by atoms with van der Waals surface area (Å²) in [6, 6.07) is 10.4. The molecular formula is C19H23FN2O4S. The molecule has 8 heteroatoms. The van der Waals surface area contributed by atoms with Gasteiger partial charge in [0.25, 0.3) is 0 Å². The number of rotatable bonds is 7. The Morgan fingerprint density at radius 3 is 2.48 bits per heavy atom. The summed E-state index contributed by atoms with van der Waals surface area (Å²) in [6.45, 7) is 2.38. The van der Waals surface area contributed by atoms with Gasteiger partial charge in [-0.15, -0.1) is 0 Å². The van der Waals surface area contributed by atoms with E-state index in [0.29, 0.717) is 6.54 Å². The van der Waals surface area contributed by atoms with E-state index < -0.39 is 20.7 Å². The van der Waals surface area contributed by atoms with Gasteiger partial charge in [0, 0.05) is 38.3 Å². The fourth-order valence-electron chi connectivity index (χ4n) is 3.20. The van der Waals surface area contributed by atoms with Crippen LogP contribution in [0.2, 0.25) is 0 Å². The summed E-state index contributed by atoms with van der Waals surface area (Å²) in [5.74, 6) is -0.583. The van der Waals surface area contributed by atoms with Gasteiger partial charge in [0.05, 0.1) is 14.2 Å². The maximum absolute atomic E-state index is 14.2. The molecule has 0 radical (unpaired) electrons. The van der Waals surface area contributed by atoms with E-state index in [9.17, 15) is 12.8 Å². The Hall–Kier alpha value is -2.16. The van der Waals surface area contributed by atoms with Gasteiger partial charge < -0.3 is 9.47 Å². The minimum Gasteiger partial charge on any atom is -0.493 e. The van der Waals surface area contributed by atoms with Gasteiger partial charge in [0.1, 0.15) is 10.7 Å². The van der Waals surface area contributed by atoms with Crippen molar-refractivity contribution in [3.63, 3.8) is 0 Å². The van der Waals surface area contributed by atoms with Crippen molar-refractivity contribution < 1.29 is 22.3 Å². The summed E-state index contributed by atoms with van der Waals surface area (Å²) in [5, 5.41) is 0. The fraction of sp³-hybridized carbons (Fsp3) is 0.368. The first-order chi connectivity index (χ1) is 12.9. The minimum atomic E-state index is -4.00. The summed E-state index contributed by atoms with van der Waals surface area (Å²) in [7, 11) is -1.27. The van der Waals surface area contributed by atoms with Crippen LogP contribution in [0.5, 0.6) is 11.5 Å². The molecule has 0 unspecified atom stereocenters. The Bertz CT molecular complexity index is 918. The standard InChI is InChI=1S/C19H23FN2O4S/c1-25-17-11-16(20)19(12-18(17)26-2)27(23,24)21-8-10-22-9-7-14-5-3-4-6-15(14)13-22/h3-6,11-12,21H,7-10,13H2,1-2H3. The highest BCUT2D eigenvalue weighted by atomic mass is 32.2. The van der Waals surface area contributed by atoms with Gasteiger partial charge in [0.15, 0.2) is 11.5 Å². The Morgan fingerprint density at radius 2 is 1.78 bits per heavy atom. The van der Waals surface area contributed by atoms with E-state index >= 15 is 0 Å². The number of sulfonamides is 1. The molecule has 0 fully saturated rings. The average molecular weight is 394 g/mol. The molecule has 0 saturated heterocycles. The van der Waals surface area contributed by atoms with Crippen LogP contribution in [-0.4, -0.2) is 47.2 Å². The molecule has 1 N–H and O–H groups in total. The number of benzene rings is 2. The smallest absolute Gasteiger partial charge is 0.243 e. The number of halogens is 1. The van der Waals surface area contributed by atoms with Crippen molar-refractivity contribution in [1.29, 1.82) is 0 Å². The Kier molecular flexibility index (Phi) is 5.98. The van der Waals surface area contributed by atoms with E-state index in [-0.39, 0.29) is 18.0 Å². The van der Waals surface area contributed by atoms with Crippen LogP contribution in [0, 0.1) is 5.82 Å². The quantitative estimate of drug-likeness (QED) is 0.780. The van der Waals surface area contributed by atoms with E-state index in [0.717, 1.165) is 31.6 Å². The number of ether oxygens (including phenoxy) is 2. The molecule has 1 aliphatic heterocycles. The average Bonchev–Trinajstić information content (AvgIpc) is 2.67. The fourth-order valence-corrected chi connectivity index (χ4v) is 4.30. The zero-order valence-electron chi connectivity index (χ0n) is 15.4. The monoisotopic (exact) mass is 394 g/mol. The van der Waals surface area contributed by atoms with Gasteiger partial charge >= 0.3 is 0 Å². The lowest BCUT2D eigenvalue weighted by atomic mass is 10.0. The van der Waals surface area contributed by atoms with E-state index in [1.165, 1.54) is 25.3 Å². The first kappa shape index (κ1) is 19.6. The molecule has 2 aromatic carbocycles. The number of hydrogen-bond donors (Lipinski definition) is 1. The molecule has 2 aromatic rings. The third-order valence-electron chi connectivity index (χ3n) is 4.66. The van der Waals surface area contributed by atoms with Crippen molar-refractivity contribution in [2.24, 2.45) is 0 Å². The highest BCUT2D eigenvalue weighted by Crippen LogP contribution is 2.31. The molecule has 0 saturated carbocycles. The maximum atomic E-state index is 14.2. The molecule has 0 aromatic heterocycles. The zero-order valence-corrected chi connectivity index (χ0v) is 16.2. The number of methoxy groups -OCH3 is 2.